The Kier molecular flexibility index (Phi) is 6.71. The summed E-state index contributed by atoms with van der Waals surface area (Å²) in [7, 11) is 0. The number of nitrogens with zero attached hydrogens (tertiary/aromatic N) is 2. The smallest absolute Gasteiger partial charge is 0.338 e. The number of esters is 1. The normalized spacial score (nSPS) is 24.8. The van der Waals surface area contributed by atoms with Crippen molar-refractivity contribution in [1.82, 2.24) is 15.5 Å². The van der Waals surface area contributed by atoms with Gasteiger partial charge in [0.05, 0.1) is 23.1 Å². The Bertz CT molecular complexity index is 859. The van der Waals surface area contributed by atoms with Crippen LogP contribution in [-0.2, 0) is 9.53 Å². The Labute approximate surface area is 175 Å². The van der Waals surface area contributed by atoms with Crippen molar-refractivity contribution in [3.63, 3.8) is 0 Å². The molecule has 1 aromatic carbocycles. The number of hydrogen-bond donors (Lipinski definition) is 2. The Morgan fingerprint density at radius 2 is 2.00 bits per heavy atom. The van der Waals surface area contributed by atoms with Gasteiger partial charge in [0, 0.05) is 37.5 Å². The van der Waals surface area contributed by atoms with Gasteiger partial charge in [0.15, 0.2) is 0 Å². The lowest BCUT2D eigenvalue weighted by atomic mass is 9.91. The average Bonchev–Trinajstić information content (AvgIpc) is 2.67. The van der Waals surface area contributed by atoms with Gasteiger partial charge in [-0.2, -0.15) is 0 Å². The van der Waals surface area contributed by atoms with E-state index in [9.17, 15) is 19.7 Å². The Morgan fingerprint density at radius 3 is 2.63 bits per heavy atom. The summed E-state index contributed by atoms with van der Waals surface area (Å²) in [5.41, 5.74) is 1.11. The van der Waals surface area contributed by atoms with Gasteiger partial charge in [-0.15, -0.1) is 0 Å². The first-order chi connectivity index (χ1) is 14.3. The van der Waals surface area contributed by atoms with E-state index in [0.29, 0.717) is 29.6 Å². The number of hydrogen-bond acceptors (Lipinski definition) is 6. The zero-order valence-electron chi connectivity index (χ0n) is 17.5. The van der Waals surface area contributed by atoms with Crippen molar-refractivity contribution in [2.75, 3.05) is 26.2 Å². The standard InChI is InChI=1S/C21H28N4O5/c1-4-30-20(26)18-17(12-24-10-13(2)8-14(3)11-24)22-21(27)23-19(18)15-6-5-7-16(9-15)25(28)29/h5-7,9,13-14,19H,4,8,10-12H2,1-3H3,(H2,22,23,27)/t13-,14-,19-/m0/s1. The summed E-state index contributed by atoms with van der Waals surface area (Å²) in [5.74, 6) is 0.491. The van der Waals surface area contributed by atoms with Crippen LogP contribution in [0, 0.1) is 22.0 Å². The minimum atomic E-state index is -0.827. The van der Waals surface area contributed by atoms with E-state index in [1.54, 1.807) is 13.0 Å². The third-order valence-electron chi connectivity index (χ3n) is 5.39. The summed E-state index contributed by atoms with van der Waals surface area (Å²) in [4.78, 5) is 38.2. The van der Waals surface area contributed by atoms with Gasteiger partial charge in [-0.3, -0.25) is 15.0 Å². The van der Waals surface area contributed by atoms with E-state index in [2.05, 4.69) is 29.4 Å². The van der Waals surface area contributed by atoms with Gasteiger partial charge in [-0.1, -0.05) is 26.0 Å². The summed E-state index contributed by atoms with van der Waals surface area (Å²) >= 11 is 0. The topological polar surface area (TPSA) is 114 Å². The zero-order chi connectivity index (χ0) is 21.8. The third-order valence-corrected chi connectivity index (χ3v) is 5.39. The molecule has 2 heterocycles. The molecule has 1 saturated heterocycles. The molecule has 30 heavy (non-hydrogen) atoms. The fraction of sp³-hybridized carbons (Fsp3) is 0.524. The molecule has 2 N–H and O–H groups in total. The maximum atomic E-state index is 12.9. The number of benzene rings is 1. The van der Waals surface area contributed by atoms with Crippen LogP contribution in [0.3, 0.4) is 0 Å². The summed E-state index contributed by atoms with van der Waals surface area (Å²) in [6, 6.07) is 4.67. The lowest BCUT2D eigenvalue weighted by Crippen LogP contribution is -2.50. The number of carbonyl (C=O) groups excluding carboxylic acids is 2. The van der Waals surface area contributed by atoms with Crippen LogP contribution in [-0.4, -0.2) is 48.1 Å². The molecule has 9 heteroatoms. The molecule has 0 aromatic heterocycles. The van der Waals surface area contributed by atoms with Gasteiger partial charge in [-0.25, -0.2) is 9.59 Å². The molecule has 3 rings (SSSR count). The molecular formula is C21H28N4O5. The number of rotatable bonds is 6. The van der Waals surface area contributed by atoms with Crippen molar-refractivity contribution < 1.29 is 19.2 Å². The molecule has 0 unspecified atom stereocenters. The first kappa shape index (κ1) is 21.8. The van der Waals surface area contributed by atoms with E-state index in [0.717, 1.165) is 19.5 Å². The molecule has 2 aliphatic rings. The highest BCUT2D eigenvalue weighted by molar-refractivity contribution is 5.95. The molecule has 1 fully saturated rings. The van der Waals surface area contributed by atoms with Crippen LogP contribution in [0.5, 0.6) is 0 Å². The largest absolute Gasteiger partial charge is 0.463 e. The second-order valence-electron chi connectivity index (χ2n) is 8.14. The van der Waals surface area contributed by atoms with E-state index in [1.807, 2.05) is 0 Å². The molecule has 0 saturated carbocycles. The number of nitrogens with one attached hydrogen (secondary N) is 2. The fourth-order valence-corrected chi connectivity index (χ4v) is 4.41. The SMILES string of the molecule is CCOC(=O)C1=C(CN2C[C@@H](C)C[C@H](C)C2)NC(=O)N[C@H]1c1cccc([N+](=O)[O-])c1. The Hall–Kier alpha value is -2.94. The molecule has 0 spiro atoms. The monoisotopic (exact) mass is 416 g/mol. The summed E-state index contributed by atoms with van der Waals surface area (Å²) in [6.07, 6.45) is 1.14. The van der Waals surface area contributed by atoms with Crippen LogP contribution in [0.4, 0.5) is 10.5 Å². The minimum Gasteiger partial charge on any atom is -0.463 e. The predicted octanol–water partition coefficient (Wildman–Crippen LogP) is 2.74. The molecule has 0 aliphatic carbocycles. The molecule has 2 aliphatic heterocycles. The van der Waals surface area contributed by atoms with E-state index in [4.69, 9.17) is 4.74 Å². The number of ether oxygens (including phenoxy) is 1. The van der Waals surface area contributed by atoms with Gasteiger partial charge in [-0.05, 0) is 30.7 Å². The number of likely N-dealkylation sites (tertiary alicyclic amines) is 1. The molecular weight excluding hydrogens is 388 g/mol. The number of urea groups is 1. The van der Waals surface area contributed by atoms with Crippen molar-refractivity contribution in [1.29, 1.82) is 0 Å². The molecule has 9 nitrogen and oxygen atoms in total. The number of nitro groups is 1. The molecule has 0 radical (unpaired) electrons. The highest BCUT2D eigenvalue weighted by Crippen LogP contribution is 2.31. The first-order valence-corrected chi connectivity index (χ1v) is 10.2. The van der Waals surface area contributed by atoms with Crippen molar-refractivity contribution in [3.05, 3.63) is 51.2 Å². The van der Waals surface area contributed by atoms with E-state index >= 15 is 0 Å². The van der Waals surface area contributed by atoms with Crippen molar-refractivity contribution >= 4 is 17.7 Å². The highest BCUT2D eigenvalue weighted by Gasteiger charge is 2.35. The highest BCUT2D eigenvalue weighted by atomic mass is 16.6. The second-order valence-corrected chi connectivity index (χ2v) is 8.14. The van der Waals surface area contributed by atoms with Gasteiger partial charge < -0.3 is 15.4 Å². The maximum absolute atomic E-state index is 12.9. The van der Waals surface area contributed by atoms with Crippen LogP contribution in [0.25, 0.3) is 0 Å². The first-order valence-electron chi connectivity index (χ1n) is 10.2. The van der Waals surface area contributed by atoms with Crippen LogP contribution in [0.2, 0.25) is 0 Å². The second kappa shape index (κ2) is 9.25. The van der Waals surface area contributed by atoms with Crippen molar-refractivity contribution in [2.24, 2.45) is 11.8 Å². The average molecular weight is 416 g/mol. The number of amides is 2. The van der Waals surface area contributed by atoms with Crippen LogP contribution < -0.4 is 10.6 Å². The number of carbonyl (C=O) groups is 2. The fourth-order valence-electron chi connectivity index (χ4n) is 4.41. The van der Waals surface area contributed by atoms with Gasteiger partial charge in [0.25, 0.3) is 5.69 Å². The van der Waals surface area contributed by atoms with Crippen molar-refractivity contribution in [3.8, 4) is 0 Å². The molecule has 1 aromatic rings. The van der Waals surface area contributed by atoms with Crippen LogP contribution in [0.15, 0.2) is 35.5 Å². The van der Waals surface area contributed by atoms with E-state index < -0.39 is 23.0 Å². The summed E-state index contributed by atoms with van der Waals surface area (Å²) < 4.78 is 5.27. The third kappa shape index (κ3) is 4.96. The molecule has 162 valence electrons. The van der Waals surface area contributed by atoms with Crippen LogP contribution >= 0.6 is 0 Å². The number of non-ortho nitro benzene ring substituents is 1. The van der Waals surface area contributed by atoms with E-state index in [-0.39, 0.29) is 17.9 Å². The lowest BCUT2D eigenvalue weighted by molar-refractivity contribution is -0.384. The minimum absolute atomic E-state index is 0.108. The number of piperidine rings is 1. The lowest BCUT2D eigenvalue weighted by Gasteiger charge is -2.37. The molecule has 2 amide bonds. The predicted molar refractivity (Wildman–Crippen MR) is 111 cm³/mol. The molecule has 3 atom stereocenters. The summed E-state index contributed by atoms with van der Waals surface area (Å²) in [6.45, 7) is 8.42. The quantitative estimate of drug-likeness (QED) is 0.419. The molecule has 0 bridgehead atoms. The van der Waals surface area contributed by atoms with Crippen molar-refractivity contribution in [2.45, 2.75) is 33.2 Å². The maximum Gasteiger partial charge on any atom is 0.338 e. The number of nitro benzene ring substituents is 1. The van der Waals surface area contributed by atoms with Gasteiger partial charge in [0.1, 0.15) is 0 Å². The zero-order valence-corrected chi connectivity index (χ0v) is 17.5. The van der Waals surface area contributed by atoms with Crippen LogP contribution in [0.1, 0.15) is 38.8 Å². The Morgan fingerprint density at radius 1 is 1.30 bits per heavy atom. The van der Waals surface area contributed by atoms with Gasteiger partial charge >= 0.3 is 12.0 Å². The van der Waals surface area contributed by atoms with Gasteiger partial charge in [0.2, 0.25) is 0 Å². The van der Waals surface area contributed by atoms with E-state index in [1.165, 1.54) is 18.2 Å². The Balaban J connectivity index is 2.01. The summed E-state index contributed by atoms with van der Waals surface area (Å²) in [5, 5.41) is 16.7.